The second kappa shape index (κ2) is 5.95. The summed E-state index contributed by atoms with van der Waals surface area (Å²) >= 11 is 5.63. The molecule has 0 aromatic carbocycles. The Balaban J connectivity index is 1.76. The summed E-state index contributed by atoms with van der Waals surface area (Å²) in [7, 11) is 0. The highest BCUT2D eigenvalue weighted by atomic mass is 35.5. The van der Waals surface area contributed by atoms with Crippen LogP contribution < -0.4 is 0 Å². The molecule has 0 spiro atoms. The molecule has 0 unspecified atom stereocenters. The lowest BCUT2D eigenvalue weighted by Crippen LogP contribution is -2.58. The number of halogens is 2. The molecular formula is C21H28ClFO3. The highest BCUT2D eigenvalue weighted by molar-refractivity contribution is 6.30. The maximum Gasteiger partial charge on any atom is 0.148 e. The Morgan fingerprint density at radius 2 is 1.81 bits per heavy atom. The van der Waals surface area contributed by atoms with Crippen molar-refractivity contribution in [2.45, 2.75) is 76.4 Å². The van der Waals surface area contributed by atoms with Crippen molar-refractivity contribution >= 4 is 11.6 Å². The Kier molecular flexibility index (Phi) is 4.29. The minimum atomic E-state index is -1.39. The Hall–Kier alpha value is -0.600. The molecule has 0 aromatic heterocycles. The molecule has 0 amide bonds. The lowest BCUT2D eigenvalue weighted by atomic mass is 9.46. The van der Waals surface area contributed by atoms with Crippen LogP contribution in [0.2, 0.25) is 0 Å². The van der Waals surface area contributed by atoms with E-state index in [4.69, 9.17) is 11.6 Å². The fraction of sp³-hybridized carbons (Fsp3) is 0.810. The number of alkyl halides is 1. The van der Waals surface area contributed by atoms with E-state index < -0.39 is 29.4 Å². The first-order valence-electron chi connectivity index (χ1n) is 9.75. The van der Waals surface area contributed by atoms with Gasteiger partial charge in [-0.25, -0.2) is 4.39 Å². The van der Waals surface area contributed by atoms with Crippen LogP contribution in [0.15, 0.2) is 11.6 Å². The van der Waals surface area contributed by atoms with Crippen LogP contribution in [0.1, 0.15) is 52.4 Å². The normalized spacial score (nSPS) is 55.7. The smallest absolute Gasteiger partial charge is 0.148 e. The second-order valence-electron chi connectivity index (χ2n) is 9.40. The Labute approximate surface area is 159 Å². The van der Waals surface area contributed by atoms with Crippen LogP contribution in [0.5, 0.6) is 0 Å². The zero-order valence-corrected chi connectivity index (χ0v) is 16.1. The third-order valence-electron chi connectivity index (χ3n) is 8.56. The predicted octanol–water partition coefficient (Wildman–Crippen LogP) is 3.16. The molecule has 0 aromatic rings. The van der Waals surface area contributed by atoms with Gasteiger partial charge in [-0.3, -0.25) is 0 Å². The van der Waals surface area contributed by atoms with Crippen LogP contribution in [0.25, 0.3) is 0 Å². The van der Waals surface area contributed by atoms with Crippen LogP contribution >= 0.6 is 11.6 Å². The van der Waals surface area contributed by atoms with E-state index in [0.29, 0.717) is 18.4 Å². The number of fused-ring (bicyclic) bond motifs is 5. The molecule has 9 atom stereocenters. The molecule has 0 bridgehead atoms. The zero-order chi connectivity index (χ0) is 18.9. The number of hydrogen-bond donors (Lipinski definition) is 3. The molecule has 144 valence electrons. The summed E-state index contributed by atoms with van der Waals surface area (Å²) in [5, 5.41) is 34.5. The van der Waals surface area contributed by atoms with Gasteiger partial charge in [-0.1, -0.05) is 25.8 Å². The van der Waals surface area contributed by atoms with Gasteiger partial charge in [0.15, 0.2) is 0 Å². The van der Waals surface area contributed by atoms with Crippen LogP contribution in [0.3, 0.4) is 0 Å². The van der Waals surface area contributed by atoms with Crippen molar-refractivity contribution in [1.82, 2.24) is 0 Å². The molecule has 3 saturated carbocycles. The van der Waals surface area contributed by atoms with Gasteiger partial charge >= 0.3 is 0 Å². The Morgan fingerprint density at radius 1 is 1.12 bits per heavy atom. The maximum atomic E-state index is 14.8. The van der Waals surface area contributed by atoms with Crippen LogP contribution in [-0.4, -0.2) is 39.3 Å². The van der Waals surface area contributed by atoms with Gasteiger partial charge in [-0.15, -0.1) is 0 Å². The van der Waals surface area contributed by atoms with Gasteiger partial charge in [-0.05, 0) is 78.9 Å². The van der Waals surface area contributed by atoms with Gasteiger partial charge in [-0.2, -0.15) is 0 Å². The molecule has 0 radical (unpaired) electrons. The van der Waals surface area contributed by atoms with Gasteiger partial charge in [0.25, 0.3) is 0 Å². The van der Waals surface area contributed by atoms with E-state index in [1.54, 1.807) is 6.08 Å². The van der Waals surface area contributed by atoms with E-state index in [1.807, 2.05) is 0 Å². The minimum Gasteiger partial charge on any atom is -0.390 e. The predicted molar refractivity (Wildman–Crippen MR) is 98.0 cm³/mol. The topological polar surface area (TPSA) is 60.7 Å². The number of rotatable bonds is 0. The van der Waals surface area contributed by atoms with Gasteiger partial charge in [0.1, 0.15) is 11.8 Å². The van der Waals surface area contributed by atoms with Gasteiger partial charge < -0.3 is 15.3 Å². The van der Waals surface area contributed by atoms with E-state index in [0.717, 1.165) is 25.7 Å². The maximum absolute atomic E-state index is 14.8. The highest BCUT2D eigenvalue weighted by Gasteiger charge is 2.65. The molecule has 26 heavy (non-hydrogen) atoms. The summed E-state index contributed by atoms with van der Waals surface area (Å²) in [4.78, 5) is 0. The first-order valence-corrected chi connectivity index (χ1v) is 10.1. The monoisotopic (exact) mass is 382 g/mol. The average molecular weight is 383 g/mol. The van der Waals surface area contributed by atoms with Crippen LogP contribution in [0, 0.1) is 39.9 Å². The lowest BCUT2D eigenvalue weighted by molar-refractivity contribution is -0.127. The molecule has 3 nitrogen and oxygen atoms in total. The van der Waals surface area contributed by atoms with Crippen molar-refractivity contribution in [2.75, 3.05) is 0 Å². The molecule has 5 heteroatoms. The highest BCUT2D eigenvalue weighted by Crippen LogP contribution is 2.67. The number of hydrogen-bond acceptors (Lipinski definition) is 3. The quantitative estimate of drug-likeness (QED) is 0.445. The van der Waals surface area contributed by atoms with E-state index >= 15 is 0 Å². The molecular weight excluding hydrogens is 355 g/mol. The van der Waals surface area contributed by atoms with E-state index in [2.05, 4.69) is 25.1 Å². The average Bonchev–Trinajstić information content (AvgIpc) is 2.85. The summed E-state index contributed by atoms with van der Waals surface area (Å²) in [6.07, 6.45) is 2.71. The SMILES string of the molecule is C[C@]12CC[C@@H](O)[C@@H](F)C1=C[C@H](O)[C@@H]1[C@@H]2CC[C@@]2(C)[C@H]1CC[C@@]2(O)C#CCl. The molecule has 0 heterocycles. The van der Waals surface area contributed by atoms with E-state index in [1.165, 1.54) is 0 Å². The van der Waals surface area contributed by atoms with Crippen LogP contribution in [-0.2, 0) is 0 Å². The summed E-state index contributed by atoms with van der Waals surface area (Å²) in [6, 6.07) is 0. The van der Waals surface area contributed by atoms with Gasteiger partial charge in [0, 0.05) is 10.8 Å². The van der Waals surface area contributed by atoms with Crippen molar-refractivity contribution in [1.29, 1.82) is 0 Å². The lowest BCUT2D eigenvalue weighted by Gasteiger charge is -2.59. The zero-order valence-electron chi connectivity index (χ0n) is 15.4. The standard InChI is InChI=1S/C21H28ClFO3/c1-19-6-5-15(24)18(23)14(19)11-16(25)17-12(19)3-7-20(2)13(17)4-8-21(20,26)9-10-22/h11-13,15-18,24-26H,3-8H2,1-2H3/t12-,13-,15+,16-,17+,18-,19+,20-,21+/m0/s1. The molecule has 4 aliphatic rings. The molecule has 0 aliphatic heterocycles. The summed E-state index contributed by atoms with van der Waals surface area (Å²) < 4.78 is 14.8. The molecule has 3 fully saturated rings. The first-order chi connectivity index (χ1) is 12.2. The van der Waals surface area contributed by atoms with Crippen molar-refractivity contribution in [3.63, 3.8) is 0 Å². The molecule has 4 aliphatic carbocycles. The second-order valence-corrected chi connectivity index (χ2v) is 9.59. The number of aliphatic hydroxyl groups excluding tert-OH is 2. The van der Waals surface area contributed by atoms with Crippen LogP contribution in [0.4, 0.5) is 4.39 Å². The first kappa shape index (κ1) is 18.7. The van der Waals surface area contributed by atoms with Gasteiger partial charge in [0.2, 0.25) is 0 Å². The third kappa shape index (κ3) is 2.24. The van der Waals surface area contributed by atoms with Crippen molar-refractivity contribution < 1.29 is 19.7 Å². The summed E-state index contributed by atoms with van der Waals surface area (Å²) in [5.41, 5.74) is -1.28. The Morgan fingerprint density at radius 3 is 2.50 bits per heavy atom. The van der Waals surface area contributed by atoms with Crippen molar-refractivity contribution in [3.8, 4) is 11.3 Å². The third-order valence-corrected chi connectivity index (χ3v) is 8.65. The number of aliphatic hydroxyl groups is 3. The fourth-order valence-electron chi connectivity index (χ4n) is 6.95. The molecule has 0 saturated heterocycles. The van der Waals surface area contributed by atoms with Crippen molar-refractivity contribution in [2.24, 2.45) is 28.6 Å². The summed E-state index contributed by atoms with van der Waals surface area (Å²) in [6.45, 7) is 4.17. The van der Waals surface area contributed by atoms with E-state index in [-0.39, 0.29) is 23.2 Å². The largest absolute Gasteiger partial charge is 0.390 e. The molecule has 4 rings (SSSR count). The van der Waals surface area contributed by atoms with Gasteiger partial charge in [0.05, 0.1) is 12.2 Å². The minimum absolute atomic E-state index is 0.0175. The van der Waals surface area contributed by atoms with Crippen molar-refractivity contribution in [3.05, 3.63) is 11.6 Å². The van der Waals surface area contributed by atoms with E-state index in [9.17, 15) is 19.7 Å². The Bertz CT molecular complexity index is 699. The molecule has 3 N–H and O–H groups in total. The summed E-state index contributed by atoms with van der Waals surface area (Å²) in [5.74, 6) is 3.10. The fourth-order valence-corrected chi connectivity index (χ4v) is 7.11.